The van der Waals surface area contributed by atoms with Crippen LogP contribution in [0.25, 0.3) is 0 Å². The summed E-state index contributed by atoms with van der Waals surface area (Å²) < 4.78 is 0. The van der Waals surface area contributed by atoms with Crippen LogP contribution in [0.2, 0.25) is 0 Å². The van der Waals surface area contributed by atoms with E-state index in [1.807, 2.05) is 0 Å². The Morgan fingerprint density at radius 2 is 1.65 bits per heavy atom. The normalized spacial score (nSPS) is 14.7. The maximum absolute atomic E-state index is 11.8. The van der Waals surface area contributed by atoms with Gasteiger partial charge in [-0.1, -0.05) is 0 Å². The lowest BCUT2D eigenvalue weighted by Gasteiger charge is -2.29. The minimum absolute atomic E-state index is 0. The molecule has 9 nitrogen and oxygen atoms in total. The number of halogens is 1. The molecule has 26 heavy (non-hydrogen) atoms. The number of rotatable bonds is 3. The Kier molecular flexibility index (Phi) is 8.92. The smallest absolute Gasteiger partial charge is 0.355 e. The zero-order chi connectivity index (χ0) is 18.4. The third kappa shape index (κ3) is 6.86. The summed E-state index contributed by atoms with van der Waals surface area (Å²) in [7, 11) is 2.10. The fourth-order valence-electron chi connectivity index (χ4n) is 2.19. The topological polar surface area (TPSA) is 147 Å². The number of thiazole rings is 2. The molecular formula is C14H21BrN6O3S2. The maximum atomic E-state index is 11.8. The summed E-state index contributed by atoms with van der Waals surface area (Å²) in [5, 5.41) is 15.1. The van der Waals surface area contributed by atoms with Crippen molar-refractivity contribution in [3.05, 3.63) is 22.1 Å². The average molecular weight is 465 g/mol. The maximum Gasteiger partial charge on any atom is 0.355 e. The van der Waals surface area contributed by atoms with Crippen molar-refractivity contribution in [1.29, 1.82) is 0 Å². The molecule has 12 heteroatoms. The van der Waals surface area contributed by atoms with Gasteiger partial charge < -0.3 is 26.8 Å². The number of piperidine rings is 1. The van der Waals surface area contributed by atoms with Crippen molar-refractivity contribution in [3.8, 4) is 0 Å². The number of anilines is 2. The van der Waals surface area contributed by atoms with Gasteiger partial charge >= 0.3 is 5.97 Å². The van der Waals surface area contributed by atoms with Crippen molar-refractivity contribution in [3.63, 3.8) is 0 Å². The molecule has 144 valence electrons. The zero-order valence-electron chi connectivity index (χ0n) is 14.0. The van der Waals surface area contributed by atoms with E-state index in [1.54, 1.807) is 5.38 Å². The van der Waals surface area contributed by atoms with Gasteiger partial charge in [-0.05, 0) is 33.0 Å². The first-order valence-electron chi connectivity index (χ1n) is 7.50. The van der Waals surface area contributed by atoms with Crippen molar-refractivity contribution in [2.75, 3.05) is 31.6 Å². The van der Waals surface area contributed by atoms with E-state index in [9.17, 15) is 9.59 Å². The number of amides is 1. The van der Waals surface area contributed by atoms with Gasteiger partial charge in [0.2, 0.25) is 0 Å². The van der Waals surface area contributed by atoms with E-state index in [2.05, 4.69) is 27.2 Å². The number of nitrogens with two attached hydrogens (primary N) is 2. The molecule has 0 atom stereocenters. The van der Waals surface area contributed by atoms with Crippen LogP contribution < -0.4 is 16.8 Å². The van der Waals surface area contributed by atoms with E-state index < -0.39 is 5.97 Å². The van der Waals surface area contributed by atoms with E-state index in [-0.39, 0.29) is 39.8 Å². The Labute approximate surface area is 169 Å². The van der Waals surface area contributed by atoms with Gasteiger partial charge in [-0.25, -0.2) is 14.8 Å². The molecule has 0 bridgehead atoms. The number of aromatic carboxylic acids is 1. The second kappa shape index (κ2) is 10.4. The molecule has 2 aromatic heterocycles. The Morgan fingerprint density at radius 3 is 2.04 bits per heavy atom. The second-order valence-electron chi connectivity index (χ2n) is 5.50. The number of carbonyl (C=O) groups is 2. The van der Waals surface area contributed by atoms with Crippen molar-refractivity contribution in [1.82, 2.24) is 20.2 Å². The number of hydrogen-bond donors (Lipinski definition) is 4. The molecule has 1 aliphatic heterocycles. The highest BCUT2D eigenvalue weighted by atomic mass is 79.9. The lowest BCUT2D eigenvalue weighted by Crippen LogP contribution is -2.43. The summed E-state index contributed by atoms with van der Waals surface area (Å²) in [5.74, 6) is -1.15. The molecule has 0 unspecified atom stereocenters. The fourth-order valence-corrected chi connectivity index (χ4v) is 3.27. The summed E-state index contributed by atoms with van der Waals surface area (Å²) in [6.07, 6.45) is 2.00. The van der Waals surface area contributed by atoms with Crippen LogP contribution in [0.1, 0.15) is 33.8 Å². The number of carbonyl (C=O) groups excluding carboxylic acids is 1. The van der Waals surface area contributed by atoms with Crippen LogP contribution in [0.5, 0.6) is 0 Å². The standard InChI is InChI=1S/C10H16N4OS.C4H4N2O2S.BrH/c1-14-4-2-7(3-5-14)12-9(15)8-6-16-10(11)13-8;5-4-6-2(1-9-4)3(7)8;/h6-7H,2-5H2,1H3,(H2,11,13)(H,12,15);1H,(H2,5,6)(H,7,8);1H. The van der Waals surface area contributed by atoms with Gasteiger partial charge in [-0.3, -0.25) is 4.79 Å². The Bertz CT molecular complexity index is 730. The quantitative estimate of drug-likeness (QED) is 0.534. The van der Waals surface area contributed by atoms with Crippen molar-refractivity contribution < 1.29 is 14.7 Å². The van der Waals surface area contributed by atoms with Crippen molar-refractivity contribution in [2.24, 2.45) is 0 Å². The van der Waals surface area contributed by atoms with E-state index in [4.69, 9.17) is 16.6 Å². The van der Waals surface area contributed by atoms with Gasteiger partial charge in [0.25, 0.3) is 5.91 Å². The Hall–Kier alpha value is -1.76. The van der Waals surface area contributed by atoms with Crippen LogP contribution in [-0.4, -0.2) is 58.0 Å². The minimum atomic E-state index is -1.04. The van der Waals surface area contributed by atoms with Crippen LogP contribution in [0.15, 0.2) is 10.8 Å². The lowest BCUT2D eigenvalue weighted by atomic mass is 10.1. The summed E-state index contributed by atoms with van der Waals surface area (Å²) in [5.41, 5.74) is 11.1. The SMILES string of the molecule is Br.CN1CCC(NC(=O)c2csc(N)n2)CC1.Nc1nc(C(=O)O)cs1. The molecule has 0 aromatic carbocycles. The number of nitrogen functional groups attached to an aromatic ring is 2. The molecule has 0 aliphatic carbocycles. The molecule has 0 radical (unpaired) electrons. The largest absolute Gasteiger partial charge is 0.476 e. The van der Waals surface area contributed by atoms with E-state index in [0.29, 0.717) is 10.8 Å². The number of hydrogen-bond acceptors (Lipinski definition) is 9. The summed E-state index contributed by atoms with van der Waals surface area (Å²) in [4.78, 5) is 31.6. The molecule has 3 rings (SSSR count). The van der Waals surface area contributed by atoms with Gasteiger partial charge in [0.15, 0.2) is 16.0 Å². The molecule has 1 fully saturated rings. The highest BCUT2D eigenvalue weighted by Crippen LogP contribution is 2.13. The number of nitrogens with zero attached hydrogens (tertiary/aromatic N) is 3. The molecule has 1 aliphatic rings. The number of nitrogens with one attached hydrogen (secondary N) is 1. The van der Waals surface area contributed by atoms with Crippen LogP contribution in [0.3, 0.4) is 0 Å². The first-order valence-corrected chi connectivity index (χ1v) is 9.25. The zero-order valence-corrected chi connectivity index (χ0v) is 17.4. The summed E-state index contributed by atoms with van der Waals surface area (Å²) in [6, 6.07) is 0.270. The van der Waals surface area contributed by atoms with Crippen molar-refractivity contribution in [2.45, 2.75) is 18.9 Å². The van der Waals surface area contributed by atoms with Crippen LogP contribution >= 0.6 is 39.7 Å². The van der Waals surface area contributed by atoms with Crippen molar-refractivity contribution >= 4 is 61.8 Å². The van der Waals surface area contributed by atoms with Crippen LogP contribution in [0.4, 0.5) is 10.3 Å². The Morgan fingerprint density at radius 1 is 1.15 bits per heavy atom. The lowest BCUT2D eigenvalue weighted by molar-refractivity contribution is 0.0691. The van der Waals surface area contributed by atoms with E-state index in [0.717, 1.165) is 37.3 Å². The average Bonchev–Trinajstić information content (AvgIpc) is 3.19. The van der Waals surface area contributed by atoms with Crippen LogP contribution in [0, 0.1) is 0 Å². The summed E-state index contributed by atoms with van der Waals surface area (Å²) >= 11 is 2.41. The molecule has 2 aromatic rings. The fraction of sp³-hybridized carbons (Fsp3) is 0.429. The second-order valence-corrected chi connectivity index (χ2v) is 7.28. The highest BCUT2D eigenvalue weighted by Gasteiger charge is 2.20. The number of aromatic nitrogens is 2. The Balaban J connectivity index is 0.000000290. The number of carboxylic acids is 1. The number of carboxylic acid groups (broad SMARTS) is 1. The van der Waals surface area contributed by atoms with Crippen LogP contribution in [-0.2, 0) is 0 Å². The molecule has 1 saturated heterocycles. The molecule has 0 saturated carbocycles. The molecule has 1 amide bonds. The third-order valence-corrected chi connectivity index (χ3v) is 4.90. The highest BCUT2D eigenvalue weighted by molar-refractivity contribution is 8.93. The predicted octanol–water partition coefficient (Wildman–Crippen LogP) is 1.55. The monoisotopic (exact) mass is 464 g/mol. The first kappa shape index (κ1) is 22.3. The van der Waals surface area contributed by atoms with Gasteiger partial charge in [0.05, 0.1) is 0 Å². The van der Waals surface area contributed by atoms with Gasteiger partial charge in [-0.15, -0.1) is 39.7 Å². The van der Waals surface area contributed by atoms with Gasteiger partial charge in [-0.2, -0.15) is 0 Å². The van der Waals surface area contributed by atoms with E-state index in [1.165, 1.54) is 16.7 Å². The third-order valence-electron chi connectivity index (χ3n) is 3.55. The van der Waals surface area contributed by atoms with Gasteiger partial charge in [0.1, 0.15) is 5.69 Å². The molecular weight excluding hydrogens is 444 g/mol. The molecule has 6 N–H and O–H groups in total. The minimum Gasteiger partial charge on any atom is -0.476 e. The first-order chi connectivity index (χ1) is 11.8. The predicted molar refractivity (Wildman–Crippen MR) is 108 cm³/mol. The molecule has 0 spiro atoms. The number of likely N-dealkylation sites (tertiary alicyclic amines) is 1. The van der Waals surface area contributed by atoms with Gasteiger partial charge in [0, 0.05) is 16.8 Å². The summed E-state index contributed by atoms with van der Waals surface area (Å²) in [6.45, 7) is 2.06. The molecule has 3 heterocycles. The van der Waals surface area contributed by atoms with E-state index >= 15 is 0 Å².